The number of hydrogen-bond acceptors (Lipinski definition) is 3. The monoisotopic (exact) mass is 226 g/mol. The fourth-order valence-electron chi connectivity index (χ4n) is 2.99. The van der Waals surface area contributed by atoms with Crippen molar-refractivity contribution in [1.29, 1.82) is 0 Å². The average Bonchev–Trinajstić information content (AvgIpc) is 2.78. The molecule has 94 valence electrons. The van der Waals surface area contributed by atoms with E-state index in [4.69, 9.17) is 10.5 Å². The van der Waals surface area contributed by atoms with E-state index in [0.29, 0.717) is 18.0 Å². The van der Waals surface area contributed by atoms with Gasteiger partial charge in [-0.1, -0.05) is 6.92 Å². The van der Waals surface area contributed by atoms with Crippen LogP contribution in [0.4, 0.5) is 0 Å². The van der Waals surface area contributed by atoms with Crippen molar-refractivity contribution >= 4 is 0 Å². The van der Waals surface area contributed by atoms with Crippen LogP contribution in [0.1, 0.15) is 33.1 Å². The van der Waals surface area contributed by atoms with Crippen molar-refractivity contribution in [3.63, 3.8) is 0 Å². The van der Waals surface area contributed by atoms with E-state index in [1.54, 1.807) is 0 Å². The minimum atomic E-state index is 0.301. The molecule has 2 aliphatic heterocycles. The van der Waals surface area contributed by atoms with Crippen LogP contribution in [0, 0.1) is 11.8 Å². The summed E-state index contributed by atoms with van der Waals surface area (Å²) in [6.45, 7) is 8.78. The molecule has 2 saturated heterocycles. The Morgan fingerprint density at radius 3 is 2.88 bits per heavy atom. The third-order valence-electron chi connectivity index (χ3n) is 4.52. The second kappa shape index (κ2) is 5.48. The molecule has 2 fully saturated rings. The Bertz CT molecular complexity index is 216. The Labute approximate surface area is 99.3 Å². The van der Waals surface area contributed by atoms with Gasteiger partial charge in [-0.15, -0.1) is 0 Å². The van der Waals surface area contributed by atoms with E-state index in [2.05, 4.69) is 18.7 Å². The van der Waals surface area contributed by atoms with Crippen molar-refractivity contribution in [3.8, 4) is 0 Å². The molecule has 2 aliphatic rings. The lowest BCUT2D eigenvalue weighted by Crippen LogP contribution is -2.50. The predicted octanol–water partition coefficient (Wildman–Crippen LogP) is 1.47. The van der Waals surface area contributed by atoms with Crippen LogP contribution < -0.4 is 5.73 Å². The first kappa shape index (κ1) is 12.3. The second-order valence-corrected chi connectivity index (χ2v) is 5.64. The molecule has 0 amide bonds. The first-order chi connectivity index (χ1) is 7.68. The van der Waals surface area contributed by atoms with Crippen molar-refractivity contribution in [3.05, 3.63) is 0 Å². The van der Waals surface area contributed by atoms with Gasteiger partial charge in [-0.25, -0.2) is 0 Å². The van der Waals surface area contributed by atoms with E-state index in [-0.39, 0.29) is 0 Å². The third kappa shape index (κ3) is 2.76. The van der Waals surface area contributed by atoms with Gasteiger partial charge in [0, 0.05) is 31.2 Å². The van der Waals surface area contributed by atoms with E-state index in [9.17, 15) is 0 Å². The summed E-state index contributed by atoms with van der Waals surface area (Å²) >= 11 is 0. The summed E-state index contributed by atoms with van der Waals surface area (Å²) in [4.78, 5) is 2.58. The number of nitrogens with two attached hydrogens (primary N) is 1. The highest BCUT2D eigenvalue weighted by Gasteiger charge is 2.29. The molecule has 2 heterocycles. The number of hydrogen-bond donors (Lipinski definition) is 1. The van der Waals surface area contributed by atoms with Crippen LogP contribution in [0.5, 0.6) is 0 Å². The highest BCUT2D eigenvalue weighted by molar-refractivity contribution is 4.85. The van der Waals surface area contributed by atoms with Crippen molar-refractivity contribution in [2.45, 2.75) is 45.2 Å². The normalized spacial score (nSPS) is 38.8. The van der Waals surface area contributed by atoms with Gasteiger partial charge in [0.15, 0.2) is 0 Å². The van der Waals surface area contributed by atoms with Gasteiger partial charge < -0.3 is 10.5 Å². The smallest absolute Gasteiger partial charge is 0.0510 e. The average molecular weight is 226 g/mol. The largest absolute Gasteiger partial charge is 0.381 e. The lowest BCUT2D eigenvalue weighted by atomic mass is 9.90. The topological polar surface area (TPSA) is 38.5 Å². The fourth-order valence-corrected chi connectivity index (χ4v) is 2.99. The molecule has 0 bridgehead atoms. The van der Waals surface area contributed by atoms with Gasteiger partial charge in [0.1, 0.15) is 0 Å². The fraction of sp³-hybridized carbons (Fsp3) is 1.00. The van der Waals surface area contributed by atoms with Crippen molar-refractivity contribution in [2.24, 2.45) is 17.6 Å². The number of rotatable bonds is 3. The minimum Gasteiger partial charge on any atom is -0.381 e. The molecule has 0 aromatic rings. The highest BCUT2D eigenvalue weighted by Crippen LogP contribution is 2.24. The maximum Gasteiger partial charge on any atom is 0.0510 e. The Morgan fingerprint density at radius 2 is 2.19 bits per heavy atom. The molecule has 0 spiro atoms. The van der Waals surface area contributed by atoms with Crippen molar-refractivity contribution < 1.29 is 4.74 Å². The zero-order chi connectivity index (χ0) is 11.5. The van der Waals surface area contributed by atoms with E-state index >= 15 is 0 Å². The molecule has 0 radical (unpaired) electrons. The van der Waals surface area contributed by atoms with E-state index < -0.39 is 0 Å². The first-order valence-electron chi connectivity index (χ1n) is 6.76. The molecule has 0 aromatic heterocycles. The molecule has 2 rings (SSSR count). The summed E-state index contributed by atoms with van der Waals surface area (Å²) in [6.07, 6.45) is 3.86. The minimum absolute atomic E-state index is 0.301. The second-order valence-electron chi connectivity index (χ2n) is 5.64. The predicted molar refractivity (Wildman–Crippen MR) is 66.3 cm³/mol. The van der Waals surface area contributed by atoms with Crippen molar-refractivity contribution in [1.82, 2.24) is 4.90 Å². The molecule has 2 N–H and O–H groups in total. The standard InChI is InChI=1S/C13H26N2O/c1-10-4-3-6-15(11(10)2)8-13(14)12-5-7-16-9-12/h10-13H,3-9,14H2,1-2H3. The summed E-state index contributed by atoms with van der Waals surface area (Å²) in [5, 5.41) is 0. The van der Waals surface area contributed by atoms with Gasteiger partial charge in [-0.05, 0) is 38.6 Å². The van der Waals surface area contributed by atoms with Gasteiger partial charge in [0.25, 0.3) is 0 Å². The molecule has 3 nitrogen and oxygen atoms in total. The summed E-state index contributed by atoms with van der Waals surface area (Å²) in [6, 6.07) is 0.998. The number of likely N-dealkylation sites (tertiary alicyclic amines) is 1. The molecule has 0 aliphatic carbocycles. The van der Waals surface area contributed by atoms with Crippen LogP contribution in [-0.4, -0.2) is 43.3 Å². The van der Waals surface area contributed by atoms with Gasteiger partial charge in [0.2, 0.25) is 0 Å². The number of piperidine rings is 1. The van der Waals surface area contributed by atoms with Crippen LogP contribution in [0.2, 0.25) is 0 Å². The Balaban J connectivity index is 1.83. The molecule has 16 heavy (non-hydrogen) atoms. The lowest BCUT2D eigenvalue weighted by molar-refractivity contribution is 0.0954. The number of ether oxygens (including phenoxy) is 1. The first-order valence-corrected chi connectivity index (χ1v) is 6.76. The number of nitrogens with zero attached hydrogens (tertiary/aromatic N) is 1. The van der Waals surface area contributed by atoms with Gasteiger partial charge in [0.05, 0.1) is 6.61 Å². The van der Waals surface area contributed by atoms with Crippen LogP contribution in [0.25, 0.3) is 0 Å². The summed E-state index contributed by atoms with van der Waals surface area (Å²) in [5.74, 6) is 1.41. The van der Waals surface area contributed by atoms with E-state index in [0.717, 1.165) is 32.1 Å². The molecule has 0 saturated carbocycles. The summed E-state index contributed by atoms with van der Waals surface area (Å²) in [7, 11) is 0. The maximum atomic E-state index is 6.30. The van der Waals surface area contributed by atoms with Gasteiger partial charge in [-0.2, -0.15) is 0 Å². The Kier molecular flexibility index (Phi) is 4.22. The molecular weight excluding hydrogens is 200 g/mol. The third-order valence-corrected chi connectivity index (χ3v) is 4.52. The Morgan fingerprint density at radius 1 is 1.38 bits per heavy atom. The van der Waals surface area contributed by atoms with Crippen LogP contribution in [0.15, 0.2) is 0 Å². The quantitative estimate of drug-likeness (QED) is 0.792. The van der Waals surface area contributed by atoms with Gasteiger partial charge >= 0.3 is 0 Å². The van der Waals surface area contributed by atoms with Crippen LogP contribution in [-0.2, 0) is 4.74 Å². The zero-order valence-electron chi connectivity index (χ0n) is 10.7. The van der Waals surface area contributed by atoms with Crippen molar-refractivity contribution in [2.75, 3.05) is 26.3 Å². The molecule has 4 atom stereocenters. The van der Waals surface area contributed by atoms with Gasteiger partial charge in [-0.3, -0.25) is 4.90 Å². The summed E-state index contributed by atoms with van der Waals surface area (Å²) in [5.41, 5.74) is 6.30. The SMILES string of the molecule is CC1CCCN(CC(N)C2CCOC2)C1C. The zero-order valence-corrected chi connectivity index (χ0v) is 10.7. The summed E-state index contributed by atoms with van der Waals surface area (Å²) < 4.78 is 5.42. The molecule has 3 heteroatoms. The molecule has 0 aromatic carbocycles. The van der Waals surface area contributed by atoms with E-state index in [1.165, 1.54) is 19.4 Å². The maximum absolute atomic E-state index is 6.30. The molecular formula is C13H26N2O. The Hall–Kier alpha value is -0.120. The van der Waals surface area contributed by atoms with Crippen LogP contribution in [0.3, 0.4) is 0 Å². The highest BCUT2D eigenvalue weighted by atomic mass is 16.5. The molecule has 4 unspecified atom stereocenters. The van der Waals surface area contributed by atoms with E-state index in [1.807, 2.05) is 0 Å². The lowest BCUT2D eigenvalue weighted by Gasteiger charge is -2.39. The van der Waals surface area contributed by atoms with Crippen LogP contribution >= 0.6 is 0 Å².